The summed E-state index contributed by atoms with van der Waals surface area (Å²) in [5.74, 6) is 1.77. The fourth-order valence-electron chi connectivity index (χ4n) is 2.56. The van der Waals surface area contributed by atoms with E-state index in [0.29, 0.717) is 6.54 Å². The SMILES string of the molecule is CCNC(=NCc1ccccc1-n1ccnc1)NCCc1ccco1. The van der Waals surface area contributed by atoms with Gasteiger partial charge >= 0.3 is 0 Å². The molecule has 130 valence electrons. The van der Waals surface area contributed by atoms with E-state index >= 15 is 0 Å². The van der Waals surface area contributed by atoms with Gasteiger partial charge < -0.3 is 19.6 Å². The summed E-state index contributed by atoms with van der Waals surface area (Å²) in [5, 5.41) is 6.62. The van der Waals surface area contributed by atoms with Crippen molar-refractivity contribution in [1.82, 2.24) is 20.2 Å². The fraction of sp³-hybridized carbons (Fsp3) is 0.263. The van der Waals surface area contributed by atoms with Gasteiger partial charge in [-0.15, -0.1) is 0 Å². The van der Waals surface area contributed by atoms with Crippen LogP contribution in [0.1, 0.15) is 18.2 Å². The summed E-state index contributed by atoms with van der Waals surface area (Å²) in [6.07, 6.45) is 8.04. The van der Waals surface area contributed by atoms with Gasteiger partial charge in [-0.2, -0.15) is 0 Å². The van der Waals surface area contributed by atoms with E-state index in [1.165, 1.54) is 0 Å². The summed E-state index contributed by atoms with van der Waals surface area (Å²) < 4.78 is 7.35. The Kier molecular flexibility index (Phi) is 5.87. The lowest BCUT2D eigenvalue weighted by Gasteiger charge is -2.12. The standard InChI is InChI=1S/C19H23N5O/c1-2-21-19(22-10-9-17-7-5-13-25-17)23-14-16-6-3-4-8-18(16)24-12-11-20-15-24/h3-8,11-13,15H,2,9-10,14H2,1H3,(H2,21,22,23). The highest BCUT2D eigenvalue weighted by molar-refractivity contribution is 5.79. The molecule has 0 aliphatic carbocycles. The maximum absolute atomic E-state index is 5.35. The first-order valence-corrected chi connectivity index (χ1v) is 8.47. The molecule has 0 amide bonds. The molecule has 2 heterocycles. The van der Waals surface area contributed by atoms with E-state index in [2.05, 4.69) is 34.7 Å². The molecule has 2 aromatic heterocycles. The van der Waals surface area contributed by atoms with Crippen molar-refractivity contribution in [3.63, 3.8) is 0 Å². The van der Waals surface area contributed by atoms with Crippen LogP contribution in [0.5, 0.6) is 0 Å². The number of benzene rings is 1. The minimum absolute atomic E-state index is 0.588. The number of para-hydroxylation sites is 1. The van der Waals surface area contributed by atoms with Gasteiger partial charge in [0.05, 0.1) is 24.8 Å². The Morgan fingerprint density at radius 1 is 1.20 bits per heavy atom. The van der Waals surface area contributed by atoms with Gasteiger partial charge in [0, 0.05) is 31.9 Å². The molecule has 0 spiro atoms. The van der Waals surface area contributed by atoms with Gasteiger partial charge in [-0.25, -0.2) is 9.98 Å². The molecule has 0 radical (unpaired) electrons. The van der Waals surface area contributed by atoms with Gasteiger partial charge in [-0.3, -0.25) is 0 Å². The molecule has 0 unspecified atom stereocenters. The summed E-state index contributed by atoms with van der Waals surface area (Å²) >= 11 is 0. The molecule has 0 aliphatic rings. The minimum atomic E-state index is 0.588. The van der Waals surface area contributed by atoms with Crippen molar-refractivity contribution in [1.29, 1.82) is 0 Å². The van der Waals surface area contributed by atoms with Gasteiger partial charge in [0.2, 0.25) is 0 Å². The average molecular weight is 337 g/mol. The molecule has 0 atom stereocenters. The molecular weight excluding hydrogens is 314 g/mol. The molecule has 0 bridgehead atoms. The second kappa shape index (κ2) is 8.73. The van der Waals surface area contributed by atoms with Crippen LogP contribution in [0.15, 0.2) is 70.8 Å². The lowest BCUT2D eigenvalue weighted by Crippen LogP contribution is -2.38. The van der Waals surface area contributed by atoms with Crippen molar-refractivity contribution in [3.05, 3.63) is 72.7 Å². The van der Waals surface area contributed by atoms with E-state index in [9.17, 15) is 0 Å². The molecule has 3 rings (SSSR count). The first-order chi connectivity index (χ1) is 12.4. The van der Waals surface area contributed by atoms with Crippen LogP contribution in [-0.4, -0.2) is 28.6 Å². The predicted octanol–water partition coefficient (Wildman–Crippen LogP) is 2.76. The number of aromatic nitrogens is 2. The highest BCUT2D eigenvalue weighted by Gasteiger charge is 2.04. The lowest BCUT2D eigenvalue weighted by atomic mass is 10.2. The number of aliphatic imine (C=N–C) groups is 1. The zero-order valence-corrected chi connectivity index (χ0v) is 14.4. The normalized spacial score (nSPS) is 11.5. The van der Waals surface area contributed by atoms with Gasteiger partial charge in [0.1, 0.15) is 5.76 Å². The van der Waals surface area contributed by atoms with E-state index in [1.54, 1.807) is 18.8 Å². The monoisotopic (exact) mass is 337 g/mol. The summed E-state index contributed by atoms with van der Waals surface area (Å²) in [4.78, 5) is 8.83. The van der Waals surface area contributed by atoms with Crippen molar-refractivity contribution in [3.8, 4) is 5.69 Å². The average Bonchev–Trinajstić information content (AvgIpc) is 3.34. The van der Waals surface area contributed by atoms with E-state index in [1.807, 2.05) is 35.0 Å². The molecule has 25 heavy (non-hydrogen) atoms. The number of nitrogens with one attached hydrogen (secondary N) is 2. The van der Waals surface area contributed by atoms with Crippen LogP contribution in [0.4, 0.5) is 0 Å². The maximum Gasteiger partial charge on any atom is 0.191 e. The molecular formula is C19H23N5O. The zero-order valence-electron chi connectivity index (χ0n) is 14.4. The second-order valence-electron chi connectivity index (χ2n) is 5.55. The zero-order chi connectivity index (χ0) is 17.3. The molecule has 0 aliphatic heterocycles. The first kappa shape index (κ1) is 16.8. The summed E-state index contributed by atoms with van der Waals surface area (Å²) in [6.45, 7) is 4.23. The Morgan fingerprint density at radius 3 is 2.88 bits per heavy atom. The van der Waals surface area contributed by atoms with Gasteiger partial charge in [0.15, 0.2) is 5.96 Å². The molecule has 0 saturated heterocycles. The number of guanidine groups is 1. The molecule has 6 nitrogen and oxygen atoms in total. The van der Waals surface area contributed by atoms with Crippen LogP contribution in [0.3, 0.4) is 0 Å². The van der Waals surface area contributed by atoms with Crippen molar-refractivity contribution in [2.24, 2.45) is 4.99 Å². The molecule has 6 heteroatoms. The molecule has 1 aromatic carbocycles. The summed E-state index contributed by atoms with van der Waals surface area (Å²) in [6, 6.07) is 12.1. The van der Waals surface area contributed by atoms with E-state index in [-0.39, 0.29) is 0 Å². The van der Waals surface area contributed by atoms with Crippen molar-refractivity contribution < 1.29 is 4.42 Å². The summed E-state index contributed by atoms with van der Waals surface area (Å²) in [7, 11) is 0. The van der Waals surface area contributed by atoms with Crippen molar-refractivity contribution >= 4 is 5.96 Å². The Balaban J connectivity index is 1.65. The maximum atomic E-state index is 5.35. The third-order valence-electron chi connectivity index (χ3n) is 3.77. The number of hydrogen-bond donors (Lipinski definition) is 2. The molecule has 3 aromatic rings. The predicted molar refractivity (Wildman–Crippen MR) is 98.8 cm³/mol. The third kappa shape index (κ3) is 4.73. The highest BCUT2D eigenvalue weighted by atomic mass is 16.3. The van der Waals surface area contributed by atoms with Gasteiger partial charge in [-0.1, -0.05) is 18.2 Å². The Bertz CT molecular complexity index is 778. The number of furan rings is 1. The van der Waals surface area contributed by atoms with Crippen LogP contribution in [-0.2, 0) is 13.0 Å². The first-order valence-electron chi connectivity index (χ1n) is 8.47. The number of rotatable bonds is 7. The smallest absolute Gasteiger partial charge is 0.191 e. The quantitative estimate of drug-likeness (QED) is 0.514. The van der Waals surface area contributed by atoms with E-state index in [4.69, 9.17) is 9.41 Å². The van der Waals surface area contributed by atoms with Gasteiger partial charge in [0.25, 0.3) is 0 Å². The van der Waals surface area contributed by atoms with Crippen molar-refractivity contribution in [2.75, 3.05) is 13.1 Å². The Labute approximate surface area is 147 Å². The fourth-order valence-corrected chi connectivity index (χ4v) is 2.56. The van der Waals surface area contributed by atoms with E-state index in [0.717, 1.165) is 42.5 Å². The molecule has 0 fully saturated rings. The van der Waals surface area contributed by atoms with E-state index < -0.39 is 0 Å². The third-order valence-corrected chi connectivity index (χ3v) is 3.77. The van der Waals surface area contributed by atoms with Crippen LogP contribution in [0.25, 0.3) is 5.69 Å². The van der Waals surface area contributed by atoms with Gasteiger partial charge in [-0.05, 0) is 30.7 Å². The second-order valence-corrected chi connectivity index (χ2v) is 5.55. The van der Waals surface area contributed by atoms with Crippen LogP contribution >= 0.6 is 0 Å². The lowest BCUT2D eigenvalue weighted by molar-refractivity contribution is 0.507. The Morgan fingerprint density at radius 2 is 2.12 bits per heavy atom. The highest BCUT2D eigenvalue weighted by Crippen LogP contribution is 2.15. The minimum Gasteiger partial charge on any atom is -0.469 e. The number of hydrogen-bond acceptors (Lipinski definition) is 3. The van der Waals surface area contributed by atoms with Crippen LogP contribution in [0, 0.1) is 0 Å². The largest absolute Gasteiger partial charge is 0.469 e. The van der Waals surface area contributed by atoms with Crippen LogP contribution in [0.2, 0.25) is 0 Å². The number of imidazole rings is 1. The topological polar surface area (TPSA) is 67.4 Å². The summed E-state index contributed by atoms with van der Waals surface area (Å²) in [5.41, 5.74) is 2.24. The number of nitrogens with zero attached hydrogens (tertiary/aromatic N) is 3. The molecule has 0 saturated carbocycles. The Hall–Kier alpha value is -3.02. The molecule has 2 N–H and O–H groups in total. The van der Waals surface area contributed by atoms with Crippen molar-refractivity contribution in [2.45, 2.75) is 19.9 Å². The van der Waals surface area contributed by atoms with Crippen LogP contribution < -0.4 is 10.6 Å².